The number of rotatable bonds is 7. The van der Waals surface area contributed by atoms with Crippen molar-refractivity contribution in [1.82, 2.24) is 0 Å². The summed E-state index contributed by atoms with van der Waals surface area (Å²) in [6.07, 6.45) is 0.416. The Balaban J connectivity index is 0.00000210. The number of nitrogens with two attached hydrogens (primary N) is 2. The van der Waals surface area contributed by atoms with E-state index in [9.17, 15) is 18.0 Å². The Morgan fingerprint density at radius 3 is 2.56 bits per heavy atom. The van der Waals surface area contributed by atoms with E-state index in [1.54, 1.807) is 6.07 Å². The van der Waals surface area contributed by atoms with Crippen molar-refractivity contribution in [2.75, 3.05) is 6.54 Å². The highest BCUT2D eigenvalue weighted by Crippen LogP contribution is 2.33. The second-order valence-corrected chi connectivity index (χ2v) is 5.02. The van der Waals surface area contributed by atoms with Crippen molar-refractivity contribution in [2.24, 2.45) is 16.5 Å². The predicted octanol–water partition coefficient (Wildman–Crippen LogP) is 2.41. The number of hydrogen-bond donors (Lipinski definition) is 4. The van der Waals surface area contributed by atoms with Gasteiger partial charge in [0.15, 0.2) is 0 Å². The van der Waals surface area contributed by atoms with Crippen molar-refractivity contribution < 1.29 is 23.1 Å². The number of halogens is 3. The third kappa shape index (κ3) is 9.18. The minimum Gasteiger partial charge on any atom is -0.480 e. The van der Waals surface area contributed by atoms with Crippen LogP contribution in [0, 0.1) is 16.7 Å². The van der Waals surface area contributed by atoms with Gasteiger partial charge >= 0.3 is 12.1 Å². The van der Waals surface area contributed by atoms with Gasteiger partial charge in [0, 0.05) is 6.21 Å². The van der Waals surface area contributed by atoms with E-state index in [2.05, 4.69) is 10.7 Å². The topological polar surface area (TPSA) is 149 Å². The summed E-state index contributed by atoms with van der Waals surface area (Å²) >= 11 is 0. The Bertz CT molecular complexity index is 724. The van der Waals surface area contributed by atoms with Gasteiger partial charge in [-0.2, -0.15) is 18.4 Å². The van der Waals surface area contributed by atoms with Crippen molar-refractivity contribution in [3.8, 4) is 6.07 Å². The molecule has 7 nitrogen and oxygen atoms in total. The molecule has 0 aliphatic rings. The molecule has 0 saturated heterocycles. The maximum atomic E-state index is 13.0. The number of carbonyl (C=O) groups is 1. The number of hydrogen-bond acceptors (Lipinski definition) is 5. The van der Waals surface area contributed by atoms with Gasteiger partial charge in [-0.15, -0.1) is 0 Å². The summed E-state index contributed by atoms with van der Waals surface area (Å²) in [7, 11) is 0. The third-order valence-corrected chi connectivity index (χ3v) is 3.08. The quantitative estimate of drug-likeness (QED) is 0.421. The lowest BCUT2D eigenvalue weighted by atomic mass is 10.0. The molecule has 0 radical (unpaired) electrons. The second-order valence-electron chi connectivity index (χ2n) is 5.02. The van der Waals surface area contributed by atoms with E-state index >= 15 is 0 Å². The fourth-order valence-corrected chi connectivity index (χ4v) is 1.89. The Labute approximate surface area is 154 Å². The lowest BCUT2D eigenvalue weighted by Crippen LogP contribution is -2.19. The van der Waals surface area contributed by atoms with Gasteiger partial charge in [-0.25, -0.2) is 4.79 Å². The van der Waals surface area contributed by atoms with Gasteiger partial charge in [0.2, 0.25) is 0 Å². The van der Waals surface area contributed by atoms with E-state index in [-0.39, 0.29) is 17.5 Å². The van der Waals surface area contributed by atoms with Gasteiger partial charge < -0.3 is 16.6 Å². The van der Waals surface area contributed by atoms with Gasteiger partial charge in [-0.3, -0.25) is 10.4 Å². The molecule has 0 aliphatic heterocycles. The zero-order chi connectivity index (χ0) is 20.9. The number of allylic oxidation sites excluding steroid dienone is 1. The van der Waals surface area contributed by atoms with Crippen LogP contribution in [0.4, 0.5) is 13.2 Å². The van der Waals surface area contributed by atoms with Gasteiger partial charge in [-0.05, 0) is 43.2 Å². The summed E-state index contributed by atoms with van der Waals surface area (Å²) in [5.74, 6) is -1.12. The van der Waals surface area contributed by atoms with Crippen LogP contribution in [0.5, 0.6) is 0 Å². The highest BCUT2D eigenvalue weighted by atomic mass is 19.4. The van der Waals surface area contributed by atoms with Crippen LogP contribution >= 0.6 is 0 Å². The zero-order valence-electron chi connectivity index (χ0n) is 14.3. The zero-order valence-corrected chi connectivity index (χ0v) is 14.3. The van der Waals surface area contributed by atoms with Crippen molar-refractivity contribution in [3.63, 3.8) is 0 Å². The number of nitrogens with one attached hydrogen (secondary N) is 1. The number of nitriles is 1. The number of aliphatic imine (C=N–C) groups is 1. The summed E-state index contributed by atoms with van der Waals surface area (Å²) in [6, 6.07) is 3.88. The Kier molecular flexibility index (Phi) is 10.8. The fraction of sp³-hybridized carbons (Fsp3) is 0.294. The number of aliphatic carboxylic acids is 1. The first kappa shape index (κ1) is 23.8. The molecule has 27 heavy (non-hydrogen) atoms. The van der Waals surface area contributed by atoms with E-state index in [0.717, 1.165) is 24.7 Å². The Morgan fingerprint density at radius 2 is 2.07 bits per heavy atom. The van der Waals surface area contributed by atoms with Crippen molar-refractivity contribution in [1.29, 1.82) is 10.7 Å². The summed E-state index contributed by atoms with van der Waals surface area (Å²) in [6.45, 7) is 0.329. The van der Waals surface area contributed by atoms with Crippen LogP contribution < -0.4 is 11.5 Å². The fourth-order valence-electron chi connectivity index (χ4n) is 1.89. The molecule has 0 aromatic heterocycles. The smallest absolute Gasteiger partial charge is 0.417 e. The van der Waals surface area contributed by atoms with Crippen LogP contribution in [-0.2, 0) is 11.0 Å². The van der Waals surface area contributed by atoms with Gasteiger partial charge in [0.1, 0.15) is 6.04 Å². The molecule has 1 atom stereocenters. The van der Waals surface area contributed by atoms with E-state index < -0.39 is 23.8 Å². The summed E-state index contributed by atoms with van der Waals surface area (Å²) in [5, 5.41) is 23.5. The van der Waals surface area contributed by atoms with Crippen LogP contribution in [0.25, 0.3) is 6.08 Å². The van der Waals surface area contributed by atoms with Crippen molar-refractivity contribution in [2.45, 2.75) is 25.1 Å². The average Bonchev–Trinajstić information content (AvgIpc) is 2.60. The number of carboxylic acid groups (broad SMARTS) is 1. The Morgan fingerprint density at radius 1 is 1.44 bits per heavy atom. The molecule has 1 unspecified atom stereocenters. The molecule has 0 spiro atoms. The minimum absolute atomic E-state index is 0.0964. The lowest BCUT2D eigenvalue weighted by molar-refractivity contribution is -0.139. The monoisotopic (exact) mass is 383 g/mol. The molecule has 0 amide bonds. The first-order valence-electron chi connectivity index (χ1n) is 7.66. The maximum Gasteiger partial charge on any atom is 0.417 e. The van der Waals surface area contributed by atoms with Crippen molar-refractivity contribution in [3.05, 3.63) is 41.0 Å². The van der Waals surface area contributed by atoms with Gasteiger partial charge in [-0.1, -0.05) is 12.1 Å². The maximum absolute atomic E-state index is 13.0. The molecular weight excluding hydrogens is 363 g/mol. The Hall–Kier alpha value is -3.19. The minimum atomic E-state index is -4.60. The SMILES string of the molecule is N#Cc1ccc(/C=C/C=NC(CCCN)C(=O)O)c(C(F)(F)F)c1.N=CN. The van der Waals surface area contributed by atoms with E-state index in [1.165, 1.54) is 18.2 Å². The highest BCUT2D eigenvalue weighted by molar-refractivity contribution is 5.82. The molecule has 146 valence electrons. The summed E-state index contributed by atoms with van der Waals surface area (Å²) in [4.78, 5) is 14.8. The van der Waals surface area contributed by atoms with E-state index in [0.29, 0.717) is 13.0 Å². The van der Waals surface area contributed by atoms with Gasteiger partial charge in [0.25, 0.3) is 0 Å². The van der Waals surface area contributed by atoms with Gasteiger partial charge in [0.05, 0.1) is 23.5 Å². The molecule has 0 fully saturated rings. The van der Waals surface area contributed by atoms with Crippen molar-refractivity contribution >= 4 is 24.6 Å². The standard InChI is InChI=1S/C16H16F3N3O2.CH4N2/c17-16(18,19)13-9-11(10-21)5-6-12(13)3-2-8-22-14(15(23)24)4-1-7-20;2-1-3/h2-3,5-6,8-9,14H,1,4,7,20H2,(H,23,24);1H,(H3,2,3)/b3-2+,22-8?;. The average molecular weight is 383 g/mol. The first-order chi connectivity index (χ1) is 12.7. The highest BCUT2D eigenvalue weighted by Gasteiger charge is 2.33. The molecule has 0 heterocycles. The van der Waals surface area contributed by atoms with Crippen LogP contribution in [-0.4, -0.2) is 36.2 Å². The number of nitrogens with zero attached hydrogens (tertiary/aromatic N) is 2. The molecule has 1 aromatic carbocycles. The molecule has 1 aromatic rings. The molecule has 0 bridgehead atoms. The molecular formula is C17H20F3N5O2. The van der Waals surface area contributed by atoms with Crippen LogP contribution in [0.15, 0.2) is 29.3 Å². The van der Waals surface area contributed by atoms with E-state index in [4.69, 9.17) is 21.5 Å². The molecule has 0 saturated carbocycles. The van der Waals surface area contributed by atoms with E-state index in [1.807, 2.05) is 0 Å². The number of alkyl halides is 3. The van der Waals surface area contributed by atoms with Crippen LogP contribution in [0.3, 0.4) is 0 Å². The molecule has 6 N–H and O–H groups in total. The first-order valence-corrected chi connectivity index (χ1v) is 7.66. The predicted molar refractivity (Wildman–Crippen MR) is 96.4 cm³/mol. The second kappa shape index (κ2) is 12.2. The number of benzene rings is 1. The number of carboxylic acids is 1. The molecule has 1 rings (SSSR count). The third-order valence-electron chi connectivity index (χ3n) is 3.08. The normalized spacial score (nSPS) is 12.3. The molecule has 0 aliphatic carbocycles. The van der Waals surface area contributed by atoms with Crippen LogP contribution in [0.1, 0.15) is 29.5 Å². The lowest BCUT2D eigenvalue weighted by Gasteiger charge is -2.10. The summed E-state index contributed by atoms with van der Waals surface area (Å²) < 4.78 is 38.9. The van der Waals surface area contributed by atoms with Crippen LogP contribution in [0.2, 0.25) is 0 Å². The largest absolute Gasteiger partial charge is 0.480 e. The molecule has 10 heteroatoms. The summed E-state index contributed by atoms with van der Waals surface area (Å²) in [5.41, 5.74) is 8.52.